The molecule has 0 aliphatic rings. The van der Waals surface area contributed by atoms with E-state index in [1.54, 1.807) is 20.8 Å². The summed E-state index contributed by atoms with van der Waals surface area (Å²) in [4.78, 5) is 48.4. The number of nitrogens with one attached hydrogen (secondary N) is 2. The molecular weight excluding hydrogens is 428 g/mol. The second-order valence-corrected chi connectivity index (χ2v) is 7.77. The first kappa shape index (κ1) is 26.2. The summed E-state index contributed by atoms with van der Waals surface area (Å²) < 4.78 is 5.53. The van der Waals surface area contributed by atoms with Gasteiger partial charge >= 0.3 is 5.97 Å². The number of rotatable bonds is 12. The van der Waals surface area contributed by atoms with E-state index in [1.807, 2.05) is 0 Å². The number of carbonyl (C=O) groups is 4. The van der Waals surface area contributed by atoms with E-state index in [4.69, 9.17) is 27.8 Å². The first-order valence-electron chi connectivity index (χ1n) is 9.76. The summed E-state index contributed by atoms with van der Waals surface area (Å²) in [6.07, 6.45) is -0.0246. The zero-order valence-electron chi connectivity index (χ0n) is 17.7. The Morgan fingerprint density at radius 3 is 2.35 bits per heavy atom. The first-order valence-corrected chi connectivity index (χ1v) is 10.1. The Balaban J connectivity index is 3.09. The lowest BCUT2D eigenvalue weighted by Crippen LogP contribution is -2.54. The second-order valence-electron chi connectivity index (χ2n) is 7.34. The van der Waals surface area contributed by atoms with Crippen molar-refractivity contribution in [2.24, 2.45) is 17.4 Å². The van der Waals surface area contributed by atoms with Gasteiger partial charge in [-0.1, -0.05) is 31.9 Å². The van der Waals surface area contributed by atoms with Gasteiger partial charge in [0.05, 0.1) is 12.0 Å². The molecule has 1 aromatic rings. The maximum absolute atomic E-state index is 12.8. The molecule has 3 amide bonds. The Morgan fingerprint density at radius 1 is 1.19 bits per heavy atom. The minimum Gasteiger partial charge on any atom is -0.491 e. The number of carbonyl (C=O) groups excluding carboxylic acids is 3. The minimum absolute atomic E-state index is 0.0593. The van der Waals surface area contributed by atoms with E-state index in [9.17, 15) is 24.3 Å². The van der Waals surface area contributed by atoms with Gasteiger partial charge in [0.2, 0.25) is 11.8 Å². The van der Waals surface area contributed by atoms with Crippen molar-refractivity contribution in [2.45, 2.75) is 51.7 Å². The first-order chi connectivity index (χ1) is 14.5. The molecule has 172 valence electrons. The highest BCUT2D eigenvalue weighted by Crippen LogP contribution is 2.24. The van der Waals surface area contributed by atoms with Crippen LogP contribution in [0.25, 0.3) is 0 Å². The van der Waals surface area contributed by atoms with E-state index in [0.717, 1.165) is 0 Å². The lowest BCUT2D eigenvalue weighted by molar-refractivity contribution is -0.143. The maximum atomic E-state index is 12.8. The van der Waals surface area contributed by atoms with Crippen LogP contribution in [0.4, 0.5) is 0 Å². The molecule has 0 spiro atoms. The molecule has 4 atom stereocenters. The number of hydrogen-bond donors (Lipinski definition) is 5. The van der Waals surface area contributed by atoms with Gasteiger partial charge in [-0.3, -0.25) is 14.4 Å². The van der Waals surface area contributed by atoms with Gasteiger partial charge in [-0.05, 0) is 31.0 Å². The molecule has 0 aliphatic heterocycles. The number of ether oxygens (including phenoxy) is 1. The van der Waals surface area contributed by atoms with Crippen LogP contribution in [0.5, 0.6) is 5.75 Å². The quantitative estimate of drug-likeness (QED) is 0.307. The highest BCUT2D eigenvalue weighted by atomic mass is 35.5. The molecule has 0 aliphatic carbocycles. The Kier molecular flexibility index (Phi) is 10.2. The zero-order chi connectivity index (χ0) is 23.7. The molecule has 0 aromatic heterocycles. The number of carboxylic acids is 1. The van der Waals surface area contributed by atoms with E-state index >= 15 is 0 Å². The van der Waals surface area contributed by atoms with Crippen LogP contribution in [0.1, 0.15) is 44.0 Å². The van der Waals surface area contributed by atoms with Crippen molar-refractivity contribution in [2.75, 3.05) is 6.61 Å². The molecule has 0 unspecified atom stereocenters. The fourth-order valence-corrected chi connectivity index (χ4v) is 2.77. The molecular formula is C20H29ClN4O6. The van der Waals surface area contributed by atoms with Crippen LogP contribution in [-0.4, -0.2) is 53.5 Å². The molecule has 10 nitrogen and oxygen atoms in total. The van der Waals surface area contributed by atoms with Crippen LogP contribution in [0.2, 0.25) is 5.02 Å². The van der Waals surface area contributed by atoms with Crippen LogP contribution in [0, 0.1) is 5.92 Å². The van der Waals surface area contributed by atoms with Crippen molar-refractivity contribution in [3.63, 3.8) is 0 Å². The maximum Gasteiger partial charge on any atom is 0.326 e. The molecule has 1 aromatic carbocycles. The summed E-state index contributed by atoms with van der Waals surface area (Å²) >= 11 is 5.97. The number of primary amides is 1. The minimum atomic E-state index is -1.38. The molecule has 1 rings (SSSR count). The number of aliphatic carboxylic acids is 1. The number of benzene rings is 1. The fourth-order valence-electron chi connectivity index (χ4n) is 2.61. The molecule has 0 bridgehead atoms. The largest absolute Gasteiger partial charge is 0.491 e. The fraction of sp³-hybridized carbons (Fsp3) is 0.500. The summed E-state index contributed by atoms with van der Waals surface area (Å²) in [5.41, 5.74) is 10.9. The van der Waals surface area contributed by atoms with Crippen LogP contribution >= 0.6 is 11.6 Å². The lowest BCUT2D eigenvalue weighted by Gasteiger charge is -2.24. The summed E-state index contributed by atoms with van der Waals surface area (Å²) in [5.74, 6) is -3.87. The van der Waals surface area contributed by atoms with E-state index < -0.39 is 42.2 Å². The third kappa shape index (κ3) is 8.42. The van der Waals surface area contributed by atoms with Crippen molar-refractivity contribution in [3.8, 4) is 5.75 Å². The Labute approximate surface area is 185 Å². The van der Waals surface area contributed by atoms with E-state index in [1.165, 1.54) is 18.2 Å². The predicted molar refractivity (Wildman–Crippen MR) is 115 cm³/mol. The van der Waals surface area contributed by atoms with Gasteiger partial charge < -0.3 is 31.9 Å². The summed E-state index contributed by atoms with van der Waals surface area (Å²) in [7, 11) is 0. The van der Waals surface area contributed by atoms with Crippen LogP contribution in [0.15, 0.2) is 18.2 Å². The average molecular weight is 457 g/mol. The van der Waals surface area contributed by atoms with E-state index in [2.05, 4.69) is 10.6 Å². The third-order valence-corrected chi connectivity index (χ3v) is 4.73. The zero-order valence-corrected chi connectivity index (χ0v) is 18.4. The third-order valence-electron chi connectivity index (χ3n) is 4.49. The number of halogens is 1. The van der Waals surface area contributed by atoms with Crippen LogP contribution in [0.3, 0.4) is 0 Å². The van der Waals surface area contributed by atoms with Gasteiger partial charge in [0.1, 0.15) is 24.4 Å². The SMILES string of the molecule is CC[C@H](C)[C@H](NC(=O)[C@H](CC(N)=O)NC(=O)c1ccc(Cl)cc1OC[C@@H](C)N)C(=O)O. The topological polar surface area (TPSA) is 174 Å². The molecule has 11 heteroatoms. The predicted octanol–water partition coefficient (Wildman–Crippen LogP) is 0.655. The number of carboxylic acid groups (broad SMARTS) is 1. The molecule has 31 heavy (non-hydrogen) atoms. The van der Waals surface area contributed by atoms with Crippen molar-refractivity contribution < 1.29 is 29.0 Å². The van der Waals surface area contributed by atoms with Crippen molar-refractivity contribution in [3.05, 3.63) is 28.8 Å². The van der Waals surface area contributed by atoms with Crippen LogP contribution in [-0.2, 0) is 14.4 Å². The van der Waals surface area contributed by atoms with Crippen molar-refractivity contribution >= 4 is 35.3 Å². The Hall–Kier alpha value is -2.85. The number of amides is 3. The Morgan fingerprint density at radius 2 is 1.84 bits per heavy atom. The van der Waals surface area contributed by atoms with Gasteiger partial charge in [-0.2, -0.15) is 0 Å². The second kappa shape index (κ2) is 12.1. The van der Waals surface area contributed by atoms with E-state index in [0.29, 0.717) is 11.4 Å². The molecule has 0 saturated heterocycles. The average Bonchev–Trinajstić information content (AvgIpc) is 2.68. The molecule has 0 fully saturated rings. The molecule has 0 radical (unpaired) electrons. The number of hydrogen-bond acceptors (Lipinski definition) is 6. The van der Waals surface area contributed by atoms with E-state index in [-0.39, 0.29) is 29.9 Å². The number of nitrogens with two attached hydrogens (primary N) is 2. The van der Waals surface area contributed by atoms with Crippen LogP contribution < -0.4 is 26.8 Å². The highest BCUT2D eigenvalue weighted by Gasteiger charge is 2.31. The van der Waals surface area contributed by atoms with Gasteiger partial charge in [0.25, 0.3) is 5.91 Å². The van der Waals surface area contributed by atoms with Gasteiger partial charge in [0, 0.05) is 11.1 Å². The molecule has 7 N–H and O–H groups in total. The standard InChI is InChI=1S/C20H29ClN4O6/c1-4-10(2)17(20(29)30)25-19(28)14(8-16(23)26)24-18(27)13-6-5-12(21)7-15(13)31-9-11(3)22/h5-7,10-11,14,17H,4,8-9,22H2,1-3H3,(H2,23,26)(H,24,27)(H,25,28)(H,29,30)/t10-,11+,14-,17-/m0/s1. The van der Waals surface area contributed by atoms with Crippen molar-refractivity contribution in [1.29, 1.82) is 0 Å². The summed E-state index contributed by atoms with van der Waals surface area (Å²) in [5, 5.41) is 14.5. The van der Waals surface area contributed by atoms with Gasteiger partial charge in [-0.25, -0.2) is 4.79 Å². The highest BCUT2D eigenvalue weighted by molar-refractivity contribution is 6.30. The van der Waals surface area contributed by atoms with Gasteiger partial charge in [0.15, 0.2) is 0 Å². The lowest BCUT2D eigenvalue weighted by atomic mass is 9.98. The Bertz CT molecular complexity index is 817. The van der Waals surface area contributed by atoms with Crippen molar-refractivity contribution in [1.82, 2.24) is 10.6 Å². The monoisotopic (exact) mass is 456 g/mol. The molecule has 0 heterocycles. The summed E-state index contributed by atoms with van der Waals surface area (Å²) in [6, 6.07) is 1.40. The smallest absolute Gasteiger partial charge is 0.326 e. The summed E-state index contributed by atoms with van der Waals surface area (Å²) in [6.45, 7) is 5.27. The van der Waals surface area contributed by atoms with Gasteiger partial charge in [-0.15, -0.1) is 0 Å². The molecule has 0 saturated carbocycles. The normalized spacial score (nSPS) is 14.6.